The SMILES string of the molecule is Cc1sc(-c2ccccc2)cc1C1=C(c2ccccc2C(F)(F)F)C(F)(F)C(F)(F)C1(F)F. The number of alkyl halides is 9. The lowest BCUT2D eigenvalue weighted by atomic mass is 9.91. The summed E-state index contributed by atoms with van der Waals surface area (Å²) >= 11 is 0.883. The number of halogens is 9. The highest BCUT2D eigenvalue weighted by molar-refractivity contribution is 7.15. The Morgan fingerprint density at radius 1 is 0.697 bits per heavy atom. The van der Waals surface area contributed by atoms with Crippen LogP contribution in [-0.2, 0) is 6.18 Å². The van der Waals surface area contributed by atoms with Gasteiger partial charge in [-0.2, -0.15) is 39.5 Å². The Kier molecular flexibility index (Phi) is 5.23. The van der Waals surface area contributed by atoms with E-state index in [1.54, 1.807) is 30.3 Å². The summed E-state index contributed by atoms with van der Waals surface area (Å²) in [5.41, 5.74) is -7.08. The van der Waals surface area contributed by atoms with E-state index in [0.29, 0.717) is 22.6 Å². The van der Waals surface area contributed by atoms with Crippen LogP contribution in [-0.4, -0.2) is 17.8 Å². The van der Waals surface area contributed by atoms with Crippen molar-refractivity contribution in [3.05, 3.63) is 82.2 Å². The monoisotopic (exact) mass is 492 g/mol. The summed E-state index contributed by atoms with van der Waals surface area (Å²) in [6.45, 7) is 1.26. The standard InChI is InChI=1S/C23H13F9S/c1-12-15(11-17(33-12)13-7-3-2-4-8-13)19-18(20(24,25)23(31,32)21(19,26)27)14-9-5-6-10-16(14)22(28,29)30/h2-11H,1H3. The summed E-state index contributed by atoms with van der Waals surface area (Å²) in [6.07, 6.45) is -5.24. The normalized spacial score (nSPS) is 19.2. The molecule has 0 saturated carbocycles. The number of thiophene rings is 1. The molecule has 0 fully saturated rings. The van der Waals surface area contributed by atoms with Crippen LogP contribution in [0.1, 0.15) is 21.6 Å². The van der Waals surface area contributed by atoms with E-state index < -0.39 is 51.8 Å². The number of hydrogen-bond acceptors (Lipinski definition) is 1. The van der Waals surface area contributed by atoms with Crippen molar-refractivity contribution in [2.75, 3.05) is 0 Å². The number of hydrogen-bond donors (Lipinski definition) is 0. The van der Waals surface area contributed by atoms with Gasteiger partial charge in [0.2, 0.25) is 0 Å². The van der Waals surface area contributed by atoms with Gasteiger partial charge in [-0.15, -0.1) is 11.3 Å². The van der Waals surface area contributed by atoms with Crippen LogP contribution in [0.2, 0.25) is 0 Å². The molecule has 0 N–H and O–H groups in total. The van der Waals surface area contributed by atoms with Gasteiger partial charge in [-0.3, -0.25) is 0 Å². The third-order valence-corrected chi connectivity index (χ3v) is 6.51. The second kappa shape index (κ2) is 7.38. The van der Waals surface area contributed by atoms with E-state index in [-0.39, 0.29) is 4.88 Å². The van der Waals surface area contributed by atoms with Crippen LogP contribution in [0.25, 0.3) is 21.6 Å². The smallest absolute Gasteiger partial charge is 0.194 e. The van der Waals surface area contributed by atoms with Gasteiger partial charge in [0.05, 0.1) is 5.56 Å². The molecular formula is C23H13F9S. The van der Waals surface area contributed by atoms with Gasteiger partial charge in [0.1, 0.15) is 0 Å². The molecular weight excluding hydrogens is 479 g/mol. The number of benzene rings is 2. The Morgan fingerprint density at radius 3 is 1.79 bits per heavy atom. The topological polar surface area (TPSA) is 0 Å². The van der Waals surface area contributed by atoms with Crippen molar-refractivity contribution in [2.45, 2.75) is 30.9 Å². The number of allylic oxidation sites excluding steroid dienone is 2. The first kappa shape index (κ1) is 23.4. The van der Waals surface area contributed by atoms with Crippen molar-refractivity contribution < 1.29 is 39.5 Å². The van der Waals surface area contributed by atoms with E-state index in [9.17, 15) is 39.5 Å². The summed E-state index contributed by atoms with van der Waals surface area (Å²) < 4.78 is 129. The van der Waals surface area contributed by atoms with Gasteiger partial charge >= 0.3 is 23.9 Å². The molecule has 10 heteroatoms. The molecule has 2 aromatic carbocycles. The van der Waals surface area contributed by atoms with Crippen LogP contribution < -0.4 is 0 Å². The summed E-state index contributed by atoms with van der Waals surface area (Å²) in [5, 5.41) is 0. The van der Waals surface area contributed by atoms with E-state index in [1.807, 2.05) is 0 Å². The largest absolute Gasteiger partial charge is 0.416 e. The van der Waals surface area contributed by atoms with Crippen molar-refractivity contribution in [3.8, 4) is 10.4 Å². The lowest BCUT2D eigenvalue weighted by molar-refractivity contribution is -0.254. The molecule has 0 amide bonds. The van der Waals surface area contributed by atoms with Crippen molar-refractivity contribution in [2.24, 2.45) is 0 Å². The van der Waals surface area contributed by atoms with Gasteiger partial charge in [0.15, 0.2) is 0 Å². The summed E-state index contributed by atoms with van der Waals surface area (Å²) in [4.78, 5) is 0.299. The van der Waals surface area contributed by atoms with Gasteiger partial charge in [0, 0.05) is 20.9 Å². The van der Waals surface area contributed by atoms with Gasteiger partial charge in [-0.25, -0.2) is 0 Å². The molecule has 0 radical (unpaired) electrons. The molecule has 0 nitrogen and oxygen atoms in total. The second-order valence-corrected chi connectivity index (χ2v) is 8.72. The van der Waals surface area contributed by atoms with Crippen LogP contribution in [0.3, 0.4) is 0 Å². The molecule has 1 aromatic heterocycles. The molecule has 0 atom stereocenters. The average Bonchev–Trinajstić information content (AvgIpc) is 3.16. The lowest BCUT2D eigenvalue weighted by Gasteiger charge is -2.26. The summed E-state index contributed by atoms with van der Waals surface area (Å²) in [5.74, 6) is -16.9. The summed E-state index contributed by atoms with van der Waals surface area (Å²) in [6, 6.07) is 11.8. The number of aryl methyl sites for hydroxylation is 1. The molecule has 4 rings (SSSR count). The number of rotatable bonds is 3. The molecule has 0 bridgehead atoms. The fraction of sp³-hybridized carbons (Fsp3) is 0.217. The van der Waals surface area contributed by atoms with Crippen molar-refractivity contribution >= 4 is 22.5 Å². The maximum atomic E-state index is 15.0. The Hall–Kier alpha value is -2.75. The van der Waals surface area contributed by atoms with E-state index >= 15 is 0 Å². The zero-order chi connectivity index (χ0) is 24.4. The Labute approximate surface area is 186 Å². The molecule has 3 aromatic rings. The van der Waals surface area contributed by atoms with Crippen LogP contribution in [0.5, 0.6) is 0 Å². The van der Waals surface area contributed by atoms with Crippen LogP contribution in [0.15, 0.2) is 60.7 Å². The molecule has 0 unspecified atom stereocenters. The minimum absolute atomic E-state index is 0.0148. The van der Waals surface area contributed by atoms with Gasteiger partial charge < -0.3 is 0 Å². The zero-order valence-electron chi connectivity index (χ0n) is 16.6. The molecule has 0 spiro atoms. The first-order valence-corrected chi connectivity index (χ1v) is 10.2. The van der Waals surface area contributed by atoms with Gasteiger partial charge in [-0.05, 0) is 35.7 Å². The first-order valence-electron chi connectivity index (χ1n) is 9.42. The third-order valence-electron chi connectivity index (χ3n) is 5.41. The van der Waals surface area contributed by atoms with Gasteiger partial charge in [0.25, 0.3) is 0 Å². The van der Waals surface area contributed by atoms with Crippen LogP contribution in [0.4, 0.5) is 39.5 Å². The maximum Gasteiger partial charge on any atom is 0.416 e. The lowest BCUT2D eigenvalue weighted by Crippen LogP contribution is -2.49. The minimum atomic E-state index is -5.94. The Morgan fingerprint density at radius 2 is 1.21 bits per heavy atom. The predicted molar refractivity (Wildman–Crippen MR) is 108 cm³/mol. The molecule has 1 heterocycles. The highest BCUT2D eigenvalue weighted by atomic mass is 32.1. The quantitative estimate of drug-likeness (QED) is 0.321. The zero-order valence-corrected chi connectivity index (χ0v) is 17.4. The van der Waals surface area contributed by atoms with Crippen molar-refractivity contribution in [3.63, 3.8) is 0 Å². The van der Waals surface area contributed by atoms with Crippen molar-refractivity contribution in [1.82, 2.24) is 0 Å². The minimum Gasteiger partial charge on any atom is -0.194 e. The molecule has 0 aliphatic heterocycles. The Bertz CT molecular complexity index is 1230. The highest BCUT2D eigenvalue weighted by Crippen LogP contribution is 2.66. The van der Waals surface area contributed by atoms with E-state index in [2.05, 4.69) is 0 Å². The van der Waals surface area contributed by atoms with E-state index in [0.717, 1.165) is 29.5 Å². The summed E-state index contributed by atoms with van der Waals surface area (Å²) in [7, 11) is 0. The second-order valence-electron chi connectivity index (χ2n) is 7.46. The van der Waals surface area contributed by atoms with Crippen LogP contribution >= 0.6 is 11.3 Å². The predicted octanol–water partition coefficient (Wildman–Crippen LogP) is 8.57. The molecule has 174 valence electrons. The van der Waals surface area contributed by atoms with E-state index in [1.165, 1.54) is 6.92 Å². The molecule has 33 heavy (non-hydrogen) atoms. The fourth-order valence-corrected chi connectivity index (χ4v) is 4.89. The van der Waals surface area contributed by atoms with Crippen LogP contribution in [0, 0.1) is 6.92 Å². The van der Waals surface area contributed by atoms with Gasteiger partial charge in [-0.1, -0.05) is 48.5 Å². The highest BCUT2D eigenvalue weighted by Gasteiger charge is 2.80. The fourth-order valence-electron chi connectivity index (χ4n) is 3.86. The molecule has 1 aliphatic rings. The first-order chi connectivity index (χ1) is 15.2. The molecule has 0 saturated heterocycles. The Balaban J connectivity index is 2.09. The maximum absolute atomic E-state index is 15.0. The van der Waals surface area contributed by atoms with Crippen molar-refractivity contribution in [1.29, 1.82) is 0 Å². The van der Waals surface area contributed by atoms with E-state index in [4.69, 9.17) is 0 Å². The average molecular weight is 492 g/mol. The third kappa shape index (κ3) is 3.37. The molecule has 1 aliphatic carbocycles.